The highest BCUT2D eigenvalue weighted by molar-refractivity contribution is 5.75. The monoisotopic (exact) mass is 213 g/mol. The maximum atomic E-state index is 11.4. The predicted octanol–water partition coefficient (Wildman–Crippen LogP) is -1.05. The van der Waals surface area contributed by atoms with Crippen molar-refractivity contribution in [2.45, 2.75) is 32.4 Å². The number of aliphatic hydroxyl groups excluding tert-OH is 1. The molecule has 0 aliphatic carbocycles. The lowest BCUT2D eigenvalue weighted by molar-refractivity contribution is -0.122. The van der Waals surface area contributed by atoms with Gasteiger partial charge in [0.1, 0.15) is 12.9 Å². The molecule has 1 unspecified atom stereocenters. The molecule has 7 heteroatoms. The number of amides is 1. The molecule has 1 amide bonds. The second-order valence-corrected chi connectivity index (χ2v) is 3.19. The summed E-state index contributed by atoms with van der Waals surface area (Å²) in [5, 5.41) is 22.0. The minimum absolute atomic E-state index is 0.0129. The van der Waals surface area contributed by atoms with Crippen LogP contribution in [0.4, 0.5) is 0 Å². The first-order chi connectivity index (χ1) is 7.26. The SMILES string of the molecule is CCC(CCO)NC(=O)Cn1cnnn1. The molecule has 0 saturated heterocycles. The van der Waals surface area contributed by atoms with E-state index in [1.807, 2.05) is 6.92 Å². The first-order valence-electron chi connectivity index (χ1n) is 4.87. The molecule has 0 saturated carbocycles. The minimum Gasteiger partial charge on any atom is -0.396 e. The highest BCUT2D eigenvalue weighted by atomic mass is 16.3. The molecule has 1 rings (SSSR count). The van der Waals surface area contributed by atoms with Crippen molar-refractivity contribution in [1.29, 1.82) is 0 Å². The fourth-order valence-corrected chi connectivity index (χ4v) is 1.21. The molecule has 1 atom stereocenters. The predicted molar refractivity (Wildman–Crippen MR) is 51.7 cm³/mol. The number of nitrogens with one attached hydrogen (secondary N) is 1. The number of carbonyl (C=O) groups excluding carboxylic acids is 1. The van der Waals surface area contributed by atoms with Crippen LogP contribution < -0.4 is 5.32 Å². The van der Waals surface area contributed by atoms with Crippen molar-refractivity contribution in [1.82, 2.24) is 25.5 Å². The standard InChI is InChI=1S/C8H15N5O2/c1-2-7(3-4-14)10-8(15)5-13-6-9-11-12-13/h6-7,14H,2-5H2,1H3,(H,10,15). The third kappa shape index (κ3) is 4.03. The number of rotatable bonds is 6. The fourth-order valence-electron chi connectivity index (χ4n) is 1.21. The Morgan fingerprint density at radius 1 is 1.67 bits per heavy atom. The minimum atomic E-state index is -0.150. The molecule has 0 spiro atoms. The maximum absolute atomic E-state index is 11.4. The fraction of sp³-hybridized carbons (Fsp3) is 0.750. The Hall–Kier alpha value is -1.50. The van der Waals surface area contributed by atoms with Crippen molar-refractivity contribution < 1.29 is 9.90 Å². The Balaban J connectivity index is 2.34. The zero-order valence-corrected chi connectivity index (χ0v) is 8.63. The van der Waals surface area contributed by atoms with Gasteiger partial charge in [0, 0.05) is 12.6 Å². The van der Waals surface area contributed by atoms with Crippen LogP contribution in [0.25, 0.3) is 0 Å². The number of carbonyl (C=O) groups is 1. The van der Waals surface area contributed by atoms with Crippen LogP contribution in [0.3, 0.4) is 0 Å². The number of hydrogen-bond acceptors (Lipinski definition) is 5. The lowest BCUT2D eigenvalue weighted by Gasteiger charge is -2.15. The summed E-state index contributed by atoms with van der Waals surface area (Å²) < 4.78 is 1.35. The molecular formula is C8H15N5O2. The van der Waals surface area contributed by atoms with Gasteiger partial charge in [-0.3, -0.25) is 4.79 Å². The van der Waals surface area contributed by atoms with Crippen molar-refractivity contribution in [2.75, 3.05) is 6.61 Å². The van der Waals surface area contributed by atoms with E-state index in [1.165, 1.54) is 11.0 Å². The Kier molecular flexibility index (Phi) is 4.69. The molecule has 0 aliphatic heterocycles. The van der Waals surface area contributed by atoms with Gasteiger partial charge in [-0.25, -0.2) is 4.68 Å². The summed E-state index contributed by atoms with van der Waals surface area (Å²) in [6, 6.07) is 0.0129. The summed E-state index contributed by atoms with van der Waals surface area (Å²) >= 11 is 0. The van der Waals surface area contributed by atoms with Gasteiger partial charge in [-0.05, 0) is 23.3 Å². The van der Waals surface area contributed by atoms with E-state index < -0.39 is 0 Å². The van der Waals surface area contributed by atoms with Gasteiger partial charge >= 0.3 is 0 Å². The average molecular weight is 213 g/mol. The topological polar surface area (TPSA) is 92.9 Å². The van der Waals surface area contributed by atoms with Gasteiger partial charge in [0.05, 0.1) is 0 Å². The molecule has 15 heavy (non-hydrogen) atoms. The Labute approximate surface area is 87.5 Å². The summed E-state index contributed by atoms with van der Waals surface area (Å²) in [7, 11) is 0. The van der Waals surface area contributed by atoms with E-state index in [0.29, 0.717) is 6.42 Å². The van der Waals surface area contributed by atoms with E-state index in [9.17, 15) is 4.79 Å². The van der Waals surface area contributed by atoms with Gasteiger partial charge in [0.15, 0.2) is 0 Å². The number of aliphatic hydroxyl groups is 1. The average Bonchev–Trinajstić information content (AvgIpc) is 2.69. The van der Waals surface area contributed by atoms with Gasteiger partial charge < -0.3 is 10.4 Å². The Morgan fingerprint density at radius 3 is 3.00 bits per heavy atom. The number of tetrazole rings is 1. The summed E-state index contributed by atoms with van der Waals surface area (Å²) in [5.74, 6) is -0.150. The molecule has 0 fully saturated rings. The molecule has 0 radical (unpaired) electrons. The van der Waals surface area contributed by atoms with Gasteiger partial charge in [0.2, 0.25) is 5.91 Å². The molecule has 0 aromatic carbocycles. The Morgan fingerprint density at radius 2 is 2.47 bits per heavy atom. The first kappa shape index (κ1) is 11.6. The van der Waals surface area contributed by atoms with Crippen LogP contribution in [0.1, 0.15) is 19.8 Å². The van der Waals surface area contributed by atoms with E-state index in [1.54, 1.807) is 0 Å². The highest BCUT2D eigenvalue weighted by Crippen LogP contribution is 1.96. The third-order valence-electron chi connectivity index (χ3n) is 2.03. The van der Waals surface area contributed by atoms with E-state index >= 15 is 0 Å². The third-order valence-corrected chi connectivity index (χ3v) is 2.03. The summed E-state index contributed by atoms with van der Waals surface area (Å²) in [5.41, 5.74) is 0. The van der Waals surface area contributed by atoms with Crippen LogP contribution in [0, 0.1) is 0 Å². The zero-order valence-electron chi connectivity index (χ0n) is 8.63. The zero-order chi connectivity index (χ0) is 11.1. The molecule has 2 N–H and O–H groups in total. The van der Waals surface area contributed by atoms with Crippen LogP contribution in [0.15, 0.2) is 6.33 Å². The molecular weight excluding hydrogens is 198 g/mol. The van der Waals surface area contributed by atoms with Crippen molar-refractivity contribution >= 4 is 5.91 Å². The van der Waals surface area contributed by atoms with Crippen LogP contribution in [0.2, 0.25) is 0 Å². The van der Waals surface area contributed by atoms with Gasteiger partial charge in [-0.15, -0.1) is 5.10 Å². The quantitative estimate of drug-likeness (QED) is 0.629. The normalized spacial score (nSPS) is 12.4. The van der Waals surface area contributed by atoms with Crippen LogP contribution in [-0.2, 0) is 11.3 Å². The summed E-state index contributed by atoms with van der Waals surface area (Å²) in [6.07, 6.45) is 2.74. The Bertz CT molecular complexity index is 287. The van der Waals surface area contributed by atoms with Crippen LogP contribution in [0.5, 0.6) is 0 Å². The molecule has 7 nitrogen and oxygen atoms in total. The molecule has 84 valence electrons. The summed E-state index contributed by atoms with van der Waals surface area (Å²) in [4.78, 5) is 11.4. The molecule has 0 aliphatic rings. The van der Waals surface area contributed by atoms with Crippen molar-refractivity contribution in [2.24, 2.45) is 0 Å². The van der Waals surface area contributed by atoms with Crippen LogP contribution >= 0.6 is 0 Å². The molecule has 1 heterocycles. The van der Waals surface area contributed by atoms with Gasteiger partial charge in [-0.1, -0.05) is 6.92 Å². The maximum Gasteiger partial charge on any atom is 0.242 e. The van der Waals surface area contributed by atoms with Gasteiger partial charge in [0.25, 0.3) is 0 Å². The summed E-state index contributed by atoms with van der Waals surface area (Å²) in [6.45, 7) is 2.14. The first-order valence-corrected chi connectivity index (χ1v) is 4.87. The highest BCUT2D eigenvalue weighted by Gasteiger charge is 2.10. The molecule has 1 aromatic heterocycles. The van der Waals surface area contributed by atoms with Crippen molar-refractivity contribution in [3.8, 4) is 0 Å². The van der Waals surface area contributed by atoms with E-state index in [-0.39, 0.29) is 25.1 Å². The van der Waals surface area contributed by atoms with Crippen LogP contribution in [-0.4, -0.2) is 43.9 Å². The number of hydrogen-bond donors (Lipinski definition) is 2. The largest absolute Gasteiger partial charge is 0.396 e. The van der Waals surface area contributed by atoms with E-state index in [2.05, 4.69) is 20.8 Å². The second-order valence-electron chi connectivity index (χ2n) is 3.19. The lowest BCUT2D eigenvalue weighted by atomic mass is 10.1. The van der Waals surface area contributed by atoms with Gasteiger partial charge in [-0.2, -0.15) is 0 Å². The van der Waals surface area contributed by atoms with Crippen molar-refractivity contribution in [3.05, 3.63) is 6.33 Å². The number of nitrogens with zero attached hydrogens (tertiary/aromatic N) is 4. The molecule has 1 aromatic rings. The lowest BCUT2D eigenvalue weighted by Crippen LogP contribution is -2.37. The van der Waals surface area contributed by atoms with E-state index in [0.717, 1.165) is 6.42 Å². The molecule has 0 bridgehead atoms. The second kappa shape index (κ2) is 6.07. The number of aromatic nitrogens is 4. The van der Waals surface area contributed by atoms with E-state index in [4.69, 9.17) is 5.11 Å². The van der Waals surface area contributed by atoms with Crippen molar-refractivity contribution in [3.63, 3.8) is 0 Å². The smallest absolute Gasteiger partial charge is 0.242 e.